The highest BCUT2D eigenvalue weighted by Gasteiger charge is 2.39. The van der Waals surface area contributed by atoms with Crippen LogP contribution in [0.15, 0.2) is 43.0 Å². The monoisotopic (exact) mass is 256 g/mol. The molecular weight excluding hydrogens is 236 g/mol. The van der Waals surface area contributed by atoms with E-state index in [4.69, 9.17) is 4.74 Å². The lowest BCUT2D eigenvalue weighted by atomic mass is 9.87. The summed E-state index contributed by atoms with van der Waals surface area (Å²) in [5.74, 6) is 0. The van der Waals surface area contributed by atoms with Gasteiger partial charge in [-0.2, -0.15) is 0 Å². The van der Waals surface area contributed by atoms with Gasteiger partial charge in [-0.1, -0.05) is 44.0 Å². The number of hydrogen-bond donors (Lipinski definition) is 0. The van der Waals surface area contributed by atoms with Crippen LogP contribution in [-0.2, 0) is 23.5 Å². The first-order valence-electron chi connectivity index (χ1n) is 7.02. The van der Waals surface area contributed by atoms with Crippen molar-refractivity contribution in [3.05, 3.63) is 54.1 Å². The number of hydrogen-bond acceptors (Lipinski definition) is 2. The minimum Gasteiger partial charge on any atom is -0.364 e. The zero-order valence-corrected chi connectivity index (χ0v) is 11.4. The highest BCUT2D eigenvalue weighted by molar-refractivity contribution is 5.35. The lowest BCUT2D eigenvalue weighted by molar-refractivity contribution is -0.0584. The first-order valence-corrected chi connectivity index (χ1v) is 7.02. The van der Waals surface area contributed by atoms with Crippen molar-refractivity contribution in [1.82, 2.24) is 9.55 Å². The van der Waals surface area contributed by atoms with Gasteiger partial charge in [0.25, 0.3) is 0 Å². The van der Waals surface area contributed by atoms with Crippen LogP contribution in [0.25, 0.3) is 0 Å². The summed E-state index contributed by atoms with van der Waals surface area (Å²) in [6.45, 7) is 3.81. The van der Waals surface area contributed by atoms with Gasteiger partial charge in [0.15, 0.2) is 0 Å². The minimum atomic E-state index is -0.173. The van der Waals surface area contributed by atoms with E-state index in [1.165, 1.54) is 24.0 Å². The van der Waals surface area contributed by atoms with E-state index >= 15 is 0 Å². The van der Waals surface area contributed by atoms with Crippen molar-refractivity contribution >= 4 is 0 Å². The Morgan fingerprint density at radius 2 is 2.26 bits per heavy atom. The maximum absolute atomic E-state index is 6.24. The third kappa shape index (κ3) is 2.30. The van der Waals surface area contributed by atoms with Gasteiger partial charge in [-0.3, -0.25) is 0 Å². The molecule has 0 fully saturated rings. The third-order valence-electron chi connectivity index (χ3n) is 3.94. The van der Waals surface area contributed by atoms with Crippen LogP contribution >= 0.6 is 0 Å². The van der Waals surface area contributed by atoms with Crippen molar-refractivity contribution in [2.75, 3.05) is 0 Å². The summed E-state index contributed by atoms with van der Waals surface area (Å²) in [6, 6.07) is 8.60. The molecule has 2 heterocycles. The predicted octanol–water partition coefficient (Wildman–Crippen LogP) is 3.50. The second-order valence-electron chi connectivity index (χ2n) is 5.28. The molecule has 0 saturated carbocycles. The van der Waals surface area contributed by atoms with Crippen LogP contribution in [-0.4, -0.2) is 9.55 Å². The Balaban J connectivity index is 1.94. The molecule has 1 unspecified atom stereocenters. The van der Waals surface area contributed by atoms with Crippen LogP contribution in [0.3, 0.4) is 0 Å². The van der Waals surface area contributed by atoms with Crippen LogP contribution in [0.5, 0.6) is 0 Å². The number of nitrogens with zero attached hydrogens (tertiary/aromatic N) is 2. The maximum Gasteiger partial charge on any atom is 0.112 e. The fourth-order valence-corrected chi connectivity index (χ4v) is 2.94. The maximum atomic E-state index is 6.24. The molecule has 3 rings (SSSR count). The van der Waals surface area contributed by atoms with Gasteiger partial charge in [0.05, 0.1) is 19.5 Å². The number of ether oxygens (including phenoxy) is 1. The van der Waals surface area contributed by atoms with Crippen molar-refractivity contribution in [3.8, 4) is 0 Å². The highest BCUT2D eigenvalue weighted by Crippen LogP contribution is 2.41. The molecule has 0 amide bonds. The van der Waals surface area contributed by atoms with Crippen molar-refractivity contribution in [3.63, 3.8) is 0 Å². The Morgan fingerprint density at radius 1 is 1.37 bits per heavy atom. The molecule has 1 aromatic carbocycles. The molecule has 19 heavy (non-hydrogen) atoms. The van der Waals surface area contributed by atoms with Crippen molar-refractivity contribution in [2.24, 2.45) is 0 Å². The van der Waals surface area contributed by atoms with E-state index in [0.717, 1.165) is 19.6 Å². The quantitative estimate of drug-likeness (QED) is 0.818. The number of aromatic nitrogens is 2. The lowest BCUT2D eigenvalue weighted by Crippen LogP contribution is -2.30. The van der Waals surface area contributed by atoms with E-state index in [1.54, 1.807) is 0 Å². The zero-order chi connectivity index (χ0) is 13.1. The Morgan fingerprint density at radius 3 is 3.05 bits per heavy atom. The summed E-state index contributed by atoms with van der Waals surface area (Å²) < 4.78 is 8.36. The minimum absolute atomic E-state index is 0.173. The third-order valence-corrected chi connectivity index (χ3v) is 3.94. The summed E-state index contributed by atoms with van der Waals surface area (Å²) in [6.07, 6.45) is 9.16. The van der Waals surface area contributed by atoms with Gasteiger partial charge in [0, 0.05) is 12.4 Å². The summed E-state index contributed by atoms with van der Waals surface area (Å²) in [7, 11) is 0. The van der Waals surface area contributed by atoms with Crippen LogP contribution in [0.4, 0.5) is 0 Å². The molecule has 3 heteroatoms. The molecule has 2 aromatic rings. The second-order valence-corrected chi connectivity index (χ2v) is 5.28. The molecule has 3 nitrogen and oxygen atoms in total. The van der Waals surface area contributed by atoms with Crippen molar-refractivity contribution < 1.29 is 4.74 Å². The van der Waals surface area contributed by atoms with Gasteiger partial charge >= 0.3 is 0 Å². The molecule has 1 aliphatic rings. The Hall–Kier alpha value is -1.61. The van der Waals surface area contributed by atoms with E-state index in [1.807, 2.05) is 18.7 Å². The normalized spacial score (nSPS) is 21.5. The molecule has 0 saturated heterocycles. The molecule has 0 bridgehead atoms. The Kier molecular flexibility index (Phi) is 3.38. The van der Waals surface area contributed by atoms with Crippen molar-refractivity contribution in [1.29, 1.82) is 0 Å². The van der Waals surface area contributed by atoms with Crippen LogP contribution < -0.4 is 0 Å². The zero-order valence-electron chi connectivity index (χ0n) is 11.4. The largest absolute Gasteiger partial charge is 0.364 e. The number of imidazole rings is 1. The smallest absolute Gasteiger partial charge is 0.112 e. The SMILES string of the molecule is CCCCC1(Cn2ccnc2)OCc2ccccc21. The number of fused-ring (bicyclic) bond motifs is 1. The van der Waals surface area contributed by atoms with E-state index in [2.05, 4.69) is 40.7 Å². The van der Waals surface area contributed by atoms with Gasteiger partial charge in [-0.05, 0) is 17.5 Å². The van der Waals surface area contributed by atoms with Crippen LogP contribution in [0, 0.1) is 0 Å². The average molecular weight is 256 g/mol. The molecule has 1 aromatic heterocycles. The van der Waals surface area contributed by atoms with E-state index < -0.39 is 0 Å². The summed E-state index contributed by atoms with van der Waals surface area (Å²) in [4.78, 5) is 4.14. The molecule has 1 atom stereocenters. The molecule has 1 aliphatic heterocycles. The first-order chi connectivity index (χ1) is 9.34. The highest BCUT2D eigenvalue weighted by atomic mass is 16.5. The van der Waals surface area contributed by atoms with E-state index in [9.17, 15) is 0 Å². The first kappa shape index (κ1) is 12.4. The lowest BCUT2D eigenvalue weighted by Gasteiger charge is -2.30. The Labute approximate surface area is 114 Å². The second kappa shape index (κ2) is 5.17. The van der Waals surface area contributed by atoms with Crippen LogP contribution in [0.2, 0.25) is 0 Å². The molecule has 0 aliphatic carbocycles. The van der Waals surface area contributed by atoms with E-state index in [-0.39, 0.29) is 5.60 Å². The van der Waals surface area contributed by atoms with Gasteiger partial charge < -0.3 is 9.30 Å². The molecule has 0 radical (unpaired) electrons. The molecule has 0 N–H and O–H groups in total. The summed E-state index contributed by atoms with van der Waals surface area (Å²) in [5, 5.41) is 0. The number of benzene rings is 1. The topological polar surface area (TPSA) is 27.1 Å². The fourth-order valence-electron chi connectivity index (χ4n) is 2.94. The van der Waals surface area contributed by atoms with E-state index in [0.29, 0.717) is 0 Å². The standard InChI is InChI=1S/C16H20N2O/c1-2-3-8-16(12-18-10-9-17-13-18)15-7-5-4-6-14(15)11-19-16/h4-7,9-10,13H,2-3,8,11-12H2,1H3. The molecule has 0 spiro atoms. The van der Waals surface area contributed by atoms with Gasteiger partial charge in [-0.25, -0.2) is 4.98 Å². The van der Waals surface area contributed by atoms with Crippen LogP contribution in [0.1, 0.15) is 37.3 Å². The number of rotatable bonds is 5. The summed E-state index contributed by atoms with van der Waals surface area (Å²) in [5.41, 5.74) is 2.52. The van der Waals surface area contributed by atoms with Gasteiger partial charge in [0.2, 0.25) is 0 Å². The summed E-state index contributed by atoms with van der Waals surface area (Å²) >= 11 is 0. The molecule has 100 valence electrons. The van der Waals surface area contributed by atoms with Gasteiger partial charge in [-0.15, -0.1) is 0 Å². The number of unbranched alkanes of at least 4 members (excludes halogenated alkanes) is 1. The van der Waals surface area contributed by atoms with Gasteiger partial charge in [0.1, 0.15) is 5.60 Å². The predicted molar refractivity (Wildman–Crippen MR) is 74.7 cm³/mol. The van der Waals surface area contributed by atoms with Crippen molar-refractivity contribution in [2.45, 2.75) is 44.9 Å². The Bertz CT molecular complexity index is 535. The average Bonchev–Trinajstić information content (AvgIpc) is 3.07. The molecular formula is C16H20N2O. The fraction of sp³-hybridized carbons (Fsp3) is 0.438.